The third kappa shape index (κ3) is 5.11. The Morgan fingerprint density at radius 3 is 2.41 bits per heavy atom. The second-order valence-corrected chi connectivity index (χ2v) is 5.27. The number of aliphatic hydroxyl groups excluding tert-OH is 1. The van der Waals surface area contributed by atoms with Crippen molar-refractivity contribution in [3.8, 4) is 0 Å². The average Bonchev–Trinajstić information content (AvgIpc) is 2.48. The highest BCUT2D eigenvalue weighted by molar-refractivity contribution is 6.39. The minimum atomic E-state index is -0.841. The van der Waals surface area contributed by atoms with E-state index in [9.17, 15) is 19.1 Å². The molecule has 0 heterocycles. The number of nitrogens with one attached hydrogen (secondary N) is 2. The Balaban J connectivity index is 2.53. The smallest absolute Gasteiger partial charge is 0.313 e. The molecule has 0 aliphatic carbocycles. The Morgan fingerprint density at radius 2 is 1.86 bits per heavy atom. The fraction of sp³-hybridized carbons (Fsp3) is 0.500. The molecule has 1 unspecified atom stereocenters. The van der Waals surface area contributed by atoms with Crippen molar-refractivity contribution < 1.29 is 19.1 Å². The third-order valence-electron chi connectivity index (χ3n) is 3.71. The number of aryl methyl sites for hydroxylation is 1. The van der Waals surface area contributed by atoms with E-state index in [1.54, 1.807) is 6.92 Å². The number of rotatable bonds is 6. The van der Waals surface area contributed by atoms with Gasteiger partial charge in [-0.1, -0.05) is 26.7 Å². The number of carbonyl (C=O) groups is 2. The first kappa shape index (κ1) is 18.1. The number of carbonyl (C=O) groups excluding carboxylic acids is 2. The van der Waals surface area contributed by atoms with Crippen molar-refractivity contribution in [2.45, 2.75) is 39.7 Å². The first-order valence-corrected chi connectivity index (χ1v) is 7.42. The molecular weight excluding hydrogens is 287 g/mol. The zero-order valence-corrected chi connectivity index (χ0v) is 13.1. The molecule has 3 N–H and O–H groups in total. The van der Waals surface area contributed by atoms with Crippen LogP contribution >= 0.6 is 0 Å². The fourth-order valence-electron chi connectivity index (χ4n) is 2.22. The number of anilines is 1. The maximum atomic E-state index is 13.0. The lowest BCUT2D eigenvalue weighted by Crippen LogP contribution is -2.41. The van der Waals surface area contributed by atoms with E-state index in [1.807, 2.05) is 13.8 Å². The van der Waals surface area contributed by atoms with Crippen LogP contribution in [0.2, 0.25) is 0 Å². The third-order valence-corrected chi connectivity index (χ3v) is 3.71. The topological polar surface area (TPSA) is 78.4 Å². The van der Waals surface area contributed by atoms with Gasteiger partial charge in [0, 0.05) is 12.2 Å². The van der Waals surface area contributed by atoms with Crippen molar-refractivity contribution >= 4 is 17.5 Å². The van der Waals surface area contributed by atoms with Crippen LogP contribution in [0.25, 0.3) is 0 Å². The van der Waals surface area contributed by atoms with Crippen LogP contribution in [0.4, 0.5) is 10.1 Å². The molecule has 0 fully saturated rings. The molecule has 0 radical (unpaired) electrons. The quantitative estimate of drug-likeness (QED) is 0.703. The maximum absolute atomic E-state index is 13.0. The number of aliphatic hydroxyl groups is 1. The molecule has 1 aromatic rings. The summed E-state index contributed by atoms with van der Waals surface area (Å²) in [7, 11) is 0. The lowest BCUT2D eigenvalue weighted by molar-refractivity contribution is -0.136. The summed E-state index contributed by atoms with van der Waals surface area (Å²) in [6.07, 6.45) is 0.919. The molecule has 0 aliphatic heterocycles. The zero-order chi connectivity index (χ0) is 16.7. The number of hydrogen-bond donors (Lipinski definition) is 3. The van der Waals surface area contributed by atoms with E-state index in [0.29, 0.717) is 11.3 Å². The Hall–Kier alpha value is -1.95. The minimum absolute atomic E-state index is 0.0288. The number of benzene rings is 1. The van der Waals surface area contributed by atoms with Crippen LogP contribution in [0.3, 0.4) is 0 Å². The molecule has 0 saturated heterocycles. The molecule has 0 aliphatic rings. The molecule has 6 heteroatoms. The second kappa shape index (κ2) is 8.48. The monoisotopic (exact) mass is 310 g/mol. The summed E-state index contributed by atoms with van der Waals surface area (Å²) in [5, 5.41) is 14.7. The largest absolute Gasteiger partial charge is 0.391 e. The SMILES string of the molecule is CCC(CC)C(O)CNC(=O)C(=O)Nc1ccc(F)cc1C. The molecule has 0 saturated carbocycles. The molecule has 0 bridgehead atoms. The predicted molar refractivity (Wildman–Crippen MR) is 82.9 cm³/mol. The van der Waals surface area contributed by atoms with Gasteiger partial charge in [-0.25, -0.2) is 4.39 Å². The van der Waals surface area contributed by atoms with Crippen LogP contribution in [0.15, 0.2) is 18.2 Å². The second-order valence-electron chi connectivity index (χ2n) is 5.27. The minimum Gasteiger partial charge on any atom is -0.391 e. The maximum Gasteiger partial charge on any atom is 0.313 e. The highest BCUT2D eigenvalue weighted by Gasteiger charge is 2.19. The number of amides is 2. The van der Waals surface area contributed by atoms with Gasteiger partial charge in [0.25, 0.3) is 0 Å². The Morgan fingerprint density at radius 1 is 1.23 bits per heavy atom. The summed E-state index contributed by atoms with van der Waals surface area (Å²) < 4.78 is 13.0. The van der Waals surface area contributed by atoms with Crippen molar-refractivity contribution in [3.05, 3.63) is 29.6 Å². The van der Waals surface area contributed by atoms with Crippen LogP contribution < -0.4 is 10.6 Å². The van der Waals surface area contributed by atoms with Gasteiger partial charge in [-0.2, -0.15) is 0 Å². The highest BCUT2D eigenvalue weighted by atomic mass is 19.1. The van der Waals surface area contributed by atoms with Gasteiger partial charge < -0.3 is 15.7 Å². The van der Waals surface area contributed by atoms with Gasteiger partial charge in [-0.05, 0) is 36.6 Å². The molecule has 1 aromatic carbocycles. The summed E-state index contributed by atoms with van der Waals surface area (Å²) in [4.78, 5) is 23.5. The van der Waals surface area contributed by atoms with Crippen LogP contribution in [0.5, 0.6) is 0 Å². The molecular formula is C16H23FN2O3. The number of halogens is 1. The van der Waals surface area contributed by atoms with Crippen LogP contribution in [-0.2, 0) is 9.59 Å². The van der Waals surface area contributed by atoms with Crippen LogP contribution in [-0.4, -0.2) is 29.6 Å². The van der Waals surface area contributed by atoms with Gasteiger partial charge in [0.15, 0.2) is 0 Å². The van der Waals surface area contributed by atoms with Crippen molar-refractivity contribution in [2.24, 2.45) is 5.92 Å². The van der Waals surface area contributed by atoms with Crippen LogP contribution in [0, 0.1) is 18.7 Å². The van der Waals surface area contributed by atoms with Gasteiger partial charge >= 0.3 is 11.8 Å². The Bertz CT molecular complexity index is 530. The highest BCUT2D eigenvalue weighted by Crippen LogP contribution is 2.15. The van der Waals surface area contributed by atoms with Gasteiger partial charge in [0.05, 0.1) is 6.10 Å². The van der Waals surface area contributed by atoms with E-state index < -0.39 is 23.7 Å². The first-order chi connectivity index (χ1) is 10.4. The van der Waals surface area contributed by atoms with E-state index >= 15 is 0 Å². The number of hydrogen-bond acceptors (Lipinski definition) is 3. The van der Waals surface area contributed by atoms with Gasteiger partial charge in [0.2, 0.25) is 0 Å². The van der Waals surface area contributed by atoms with Crippen molar-refractivity contribution in [1.82, 2.24) is 5.32 Å². The van der Waals surface area contributed by atoms with Crippen molar-refractivity contribution in [2.75, 3.05) is 11.9 Å². The van der Waals surface area contributed by atoms with E-state index in [-0.39, 0.29) is 12.5 Å². The lowest BCUT2D eigenvalue weighted by atomic mass is 9.96. The molecule has 122 valence electrons. The van der Waals surface area contributed by atoms with Crippen molar-refractivity contribution in [3.63, 3.8) is 0 Å². The Kier molecular flexibility index (Phi) is 6.98. The molecule has 2 amide bonds. The standard InChI is InChI=1S/C16H23FN2O3/c1-4-11(5-2)14(20)9-18-15(21)16(22)19-13-7-6-12(17)8-10(13)3/h6-8,11,14,20H,4-5,9H2,1-3H3,(H,18,21)(H,19,22). The fourth-order valence-corrected chi connectivity index (χ4v) is 2.22. The Labute approximate surface area is 129 Å². The lowest BCUT2D eigenvalue weighted by Gasteiger charge is -2.20. The summed E-state index contributed by atoms with van der Waals surface area (Å²) in [6, 6.07) is 3.87. The normalized spacial score (nSPS) is 12.1. The molecule has 0 spiro atoms. The summed E-state index contributed by atoms with van der Waals surface area (Å²) in [5.41, 5.74) is 0.903. The molecule has 0 aromatic heterocycles. The average molecular weight is 310 g/mol. The first-order valence-electron chi connectivity index (χ1n) is 7.42. The summed E-state index contributed by atoms with van der Waals surface area (Å²) in [6.45, 7) is 5.58. The van der Waals surface area contributed by atoms with E-state index in [1.165, 1.54) is 18.2 Å². The van der Waals surface area contributed by atoms with Gasteiger partial charge in [-0.3, -0.25) is 9.59 Å². The van der Waals surface area contributed by atoms with E-state index in [0.717, 1.165) is 12.8 Å². The van der Waals surface area contributed by atoms with Crippen molar-refractivity contribution in [1.29, 1.82) is 0 Å². The summed E-state index contributed by atoms with van der Waals surface area (Å²) >= 11 is 0. The van der Waals surface area contributed by atoms with Crippen LogP contribution in [0.1, 0.15) is 32.3 Å². The molecule has 1 rings (SSSR count). The molecule has 1 atom stereocenters. The van der Waals surface area contributed by atoms with E-state index in [2.05, 4.69) is 10.6 Å². The molecule has 5 nitrogen and oxygen atoms in total. The zero-order valence-electron chi connectivity index (χ0n) is 13.1. The summed E-state index contributed by atoms with van der Waals surface area (Å²) in [5.74, 6) is -1.99. The van der Waals surface area contributed by atoms with E-state index in [4.69, 9.17) is 0 Å². The van der Waals surface area contributed by atoms with Gasteiger partial charge in [0.1, 0.15) is 5.82 Å². The van der Waals surface area contributed by atoms with Gasteiger partial charge in [-0.15, -0.1) is 0 Å². The molecule has 22 heavy (non-hydrogen) atoms. The predicted octanol–water partition coefficient (Wildman–Crippen LogP) is 1.99.